The molecule has 1 aromatic heterocycles. The van der Waals surface area contributed by atoms with Gasteiger partial charge in [0, 0.05) is 23.6 Å². The van der Waals surface area contributed by atoms with Crippen molar-refractivity contribution in [1.82, 2.24) is 4.57 Å². The summed E-state index contributed by atoms with van der Waals surface area (Å²) in [6.45, 7) is 7.12. The number of benzene rings is 1. The first-order valence-electron chi connectivity index (χ1n) is 5.89. The molecule has 0 aliphatic heterocycles. The molecule has 16 heavy (non-hydrogen) atoms. The number of hydrogen-bond donors (Lipinski definition) is 1. The maximum absolute atomic E-state index is 9.51. The Morgan fingerprint density at radius 2 is 2.12 bits per heavy atom. The van der Waals surface area contributed by atoms with Crippen LogP contribution in [0.5, 0.6) is 0 Å². The van der Waals surface area contributed by atoms with Crippen LogP contribution in [0.2, 0.25) is 0 Å². The molecule has 1 heterocycles. The molecule has 0 spiro atoms. The van der Waals surface area contributed by atoms with Crippen LogP contribution in [-0.4, -0.2) is 15.8 Å². The highest BCUT2D eigenvalue weighted by atomic mass is 16.3. The molecule has 0 bridgehead atoms. The zero-order valence-electron chi connectivity index (χ0n) is 10.2. The summed E-state index contributed by atoms with van der Waals surface area (Å²) in [7, 11) is 0. The molecule has 1 atom stereocenters. The molecule has 1 aromatic carbocycles. The summed E-state index contributed by atoms with van der Waals surface area (Å²) in [5.41, 5.74) is 3.82. The van der Waals surface area contributed by atoms with Crippen LogP contribution in [0, 0.1) is 6.92 Å². The third-order valence-electron chi connectivity index (χ3n) is 3.04. The van der Waals surface area contributed by atoms with E-state index in [9.17, 15) is 5.11 Å². The van der Waals surface area contributed by atoms with Gasteiger partial charge < -0.3 is 9.67 Å². The lowest BCUT2D eigenvalue weighted by atomic mass is 10.0. The third kappa shape index (κ3) is 1.85. The fourth-order valence-electron chi connectivity index (χ4n) is 2.40. The van der Waals surface area contributed by atoms with E-state index >= 15 is 0 Å². The first kappa shape index (κ1) is 11.2. The van der Waals surface area contributed by atoms with Crippen LogP contribution in [0.4, 0.5) is 0 Å². The number of nitrogens with zero attached hydrogens (tertiary/aromatic N) is 1. The smallest absolute Gasteiger partial charge is 0.0552 e. The quantitative estimate of drug-likeness (QED) is 0.840. The number of aliphatic hydroxyl groups is 1. The molecule has 2 rings (SSSR count). The third-order valence-corrected chi connectivity index (χ3v) is 3.04. The molecular weight excluding hydrogens is 198 g/mol. The van der Waals surface area contributed by atoms with E-state index in [0.717, 1.165) is 13.0 Å². The second-order valence-electron chi connectivity index (χ2n) is 4.46. The normalized spacial score (nSPS) is 13.2. The van der Waals surface area contributed by atoms with Crippen molar-refractivity contribution in [3.8, 4) is 0 Å². The molecule has 1 N–H and O–H groups in total. The van der Waals surface area contributed by atoms with Crippen LogP contribution >= 0.6 is 0 Å². The van der Waals surface area contributed by atoms with Gasteiger partial charge in [-0.25, -0.2) is 0 Å². The predicted octanol–water partition coefficient (Wildman–Crippen LogP) is 2.89. The lowest BCUT2D eigenvalue weighted by Gasteiger charge is -2.07. The number of fused-ring (bicyclic) bond motifs is 1. The Balaban J connectivity index is 2.62. The first-order chi connectivity index (χ1) is 7.63. The van der Waals surface area contributed by atoms with Crippen molar-refractivity contribution >= 4 is 10.9 Å². The second-order valence-corrected chi connectivity index (χ2v) is 4.46. The average molecular weight is 217 g/mol. The van der Waals surface area contributed by atoms with Crippen molar-refractivity contribution < 1.29 is 5.11 Å². The Morgan fingerprint density at radius 3 is 2.75 bits per heavy atom. The van der Waals surface area contributed by atoms with Crippen molar-refractivity contribution in [2.45, 2.75) is 39.8 Å². The number of aliphatic hydroxyl groups excluding tert-OH is 1. The van der Waals surface area contributed by atoms with Gasteiger partial charge in [-0.15, -0.1) is 0 Å². The van der Waals surface area contributed by atoms with Gasteiger partial charge in [0.1, 0.15) is 0 Å². The van der Waals surface area contributed by atoms with Crippen molar-refractivity contribution in [3.05, 3.63) is 35.5 Å². The fourth-order valence-corrected chi connectivity index (χ4v) is 2.40. The molecule has 2 nitrogen and oxygen atoms in total. The van der Waals surface area contributed by atoms with Gasteiger partial charge in [-0.3, -0.25) is 0 Å². The summed E-state index contributed by atoms with van der Waals surface area (Å²) in [4.78, 5) is 0. The Morgan fingerprint density at radius 1 is 1.38 bits per heavy atom. The summed E-state index contributed by atoms with van der Waals surface area (Å²) in [6, 6.07) is 6.34. The summed E-state index contributed by atoms with van der Waals surface area (Å²) < 4.78 is 2.26. The molecule has 0 amide bonds. The molecule has 0 fully saturated rings. The van der Waals surface area contributed by atoms with Crippen LogP contribution in [0.3, 0.4) is 0 Å². The molecule has 0 saturated heterocycles. The van der Waals surface area contributed by atoms with Crippen molar-refractivity contribution in [3.63, 3.8) is 0 Å². The second kappa shape index (κ2) is 4.30. The standard InChI is InChI=1S/C14H19NO/c1-4-15-9-10(2)14-12(8-11(3)16)6-5-7-13(14)15/h5-7,9,11,16H,4,8H2,1-3H3. The summed E-state index contributed by atoms with van der Waals surface area (Å²) in [6.07, 6.45) is 2.64. The lowest BCUT2D eigenvalue weighted by Crippen LogP contribution is -2.04. The average Bonchev–Trinajstić information content (AvgIpc) is 2.56. The van der Waals surface area contributed by atoms with Gasteiger partial charge in [0.2, 0.25) is 0 Å². The molecule has 0 saturated carbocycles. The maximum Gasteiger partial charge on any atom is 0.0552 e. The molecular formula is C14H19NO. The van der Waals surface area contributed by atoms with Crippen LogP contribution in [0.1, 0.15) is 25.0 Å². The van der Waals surface area contributed by atoms with E-state index in [-0.39, 0.29) is 6.10 Å². The minimum Gasteiger partial charge on any atom is -0.393 e. The minimum atomic E-state index is -0.282. The molecule has 2 heteroatoms. The molecule has 0 aliphatic carbocycles. The minimum absolute atomic E-state index is 0.282. The summed E-state index contributed by atoms with van der Waals surface area (Å²) in [5.74, 6) is 0. The highest BCUT2D eigenvalue weighted by Crippen LogP contribution is 2.25. The fraction of sp³-hybridized carbons (Fsp3) is 0.429. The van der Waals surface area contributed by atoms with Gasteiger partial charge >= 0.3 is 0 Å². The van der Waals surface area contributed by atoms with Gasteiger partial charge in [-0.05, 0) is 44.4 Å². The molecule has 2 aromatic rings. The highest BCUT2D eigenvalue weighted by molar-refractivity contribution is 5.87. The van der Waals surface area contributed by atoms with Crippen LogP contribution in [0.25, 0.3) is 10.9 Å². The van der Waals surface area contributed by atoms with Gasteiger partial charge in [0.05, 0.1) is 6.10 Å². The van der Waals surface area contributed by atoms with Gasteiger partial charge in [0.15, 0.2) is 0 Å². The number of rotatable bonds is 3. The Labute approximate surface area is 96.5 Å². The molecule has 86 valence electrons. The van der Waals surface area contributed by atoms with Crippen molar-refractivity contribution in [2.24, 2.45) is 0 Å². The highest BCUT2D eigenvalue weighted by Gasteiger charge is 2.10. The van der Waals surface area contributed by atoms with Crippen LogP contribution in [0.15, 0.2) is 24.4 Å². The van der Waals surface area contributed by atoms with Crippen molar-refractivity contribution in [1.29, 1.82) is 0 Å². The number of aryl methyl sites for hydroxylation is 2. The van der Waals surface area contributed by atoms with Crippen LogP contribution in [-0.2, 0) is 13.0 Å². The van der Waals surface area contributed by atoms with Gasteiger partial charge in [0.25, 0.3) is 0 Å². The monoisotopic (exact) mass is 217 g/mol. The maximum atomic E-state index is 9.51. The Kier molecular flexibility index (Phi) is 3.01. The predicted molar refractivity (Wildman–Crippen MR) is 67.7 cm³/mol. The van der Waals surface area contributed by atoms with Gasteiger partial charge in [-0.2, -0.15) is 0 Å². The van der Waals surface area contributed by atoms with E-state index in [1.807, 2.05) is 6.92 Å². The Bertz CT molecular complexity index is 497. The van der Waals surface area contributed by atoms with Crippen LogP contribution < -0.4 is 0 Å². The van der Waals surface area contributed by atoms with E-state index in [4.69, 9.17) is 0 Å². The SMILES string of the molecule is CCn1cc(C)c2c(CC(C)O)cccc21. The zero-order chi connectivity index (χ0) is 11.7. The number of hydrogen-bond acceptors (Lipinski definition) is 1. The molecule has 0 radical (unpaired) electrons. The zero-order valence-corrected chi connectivity index (χ0v) is 10.2. The van der Waals surface area contributed by atoms with E-state index in [0.29, 0.717) is 0 Å². The van der Waals surface area contributed by atoms with E-state index in [1.165, 1.54) is 22.0 Å². The first-order valence-corrected chi connectivity index (χ1v) is 5.89. The largest absolute Gasteiger partial charge is 0.393 e. The molecule has 1 unspecified atom stereocenters. The van der Waals surface area contributed by atoms with Gasteiger partial charge in [-0.1, -0.05) is 12.1 Å². The van der Waals surface area contributed by atoms with E-state index in [1.54, 1.807) is 0 Å². The van der Waals surface area contributed by atoms with Crippen molar-refractivity contribution in [2.75, 3.05) is 0 Å². The summed E-state index contributed by atoms with van der Waals surface area (Å²) in [5, 5.41) is 10.8. The van der Waals surface area contributed by atoms with E-state index in [2.05, 4.69) is 42.8 Å². The number of aromatic nitrogens is 1. The lowest BCUT2D eigenvalue weighted by molar-refractivity contribution is 0.196. The molecule has 0 aliphatic rings. The van der Waals surface area contributed by atoms with E-state index < -0.39 is 0 Å². The summed E-state index contributed by atoms with van der Waals surface area (Å²) >= 11 is 0. The topological polar surface area (TPSA) is 25.2 Å². The Hall–Kier alpha value is -1.28.